The third-order valence-electron chi connectivity index (χ3n) is 4.14. The third-order valence-corrected chi connectivity index (χ3v) is 4.14. The number of benzene rings is 1. The highest BCUT2D eigenvalue weighted by molar-refractivity contribution is 5.83. The van der Waals surface area contributed by atoms with Crippen LogP contribution in [0.1, 0.15) is 31.2 Å². The van der Waals surface area contributed by atoms with Crippen molar-refractivity contribution in [2.24, 2.45) is 5.41 Å². The second kappa shape index (κ2) is 6.13. The maximum absolute atomic E-state index is 13.9. The lowest BCUT2D eigenvalue weighted by Crippen LogP contribution is -2.43. The SMILES string of the molecule is CN(C)C(=O)C1(CNc2ccc(C#N)cc2F)CCCC1. The van der Waals surface area contributed by atoms with Crippen molar-refractivity contribution >= 4 is 11.6 Å². The summed E-state index contributed by atoms with van der Waals surface area (Å²) in [6.07, 6.45) is 3.71. The lowest BCUT2D eigenvalue weighted by molar-refractivity contribution is -0.138. The molecule has 1 aromatic rings. The molecule has 0 heterocycles. The third kappa shape index (κ3) is 3.15. The summed E-state index contributed by atoms with van der Waals surface area (Å²) >= 11 is 0. The Hall–Kier alpha value is -2.09. The zero-order chi connectivity index (χ0) is 15.5. The van der Waals surface area contributed by atoms with E-state index in [0.29, 0.717) is 12.2 Å². The van der Waals surface area contributed by atoms with Gasteiger partial charge in [-0.25, -0.2) is 4.39 Å². The largest absolute Gasteiger partial charge is 0.382 e. The zero-order valence-corrected chi connectivity index (χ0v) is 12.4. The number of hydrogen-bond donors (Lipinski definition) is 1. The summed E-state index contributed by atoms with van der Waals surface area (Å²) in [5.74, 6) is -0.360. The molecule has 1 fully saturated rings. The van der Waals surface area contributed by atoms with Crippen LogP contribution in [-0.2, 0) is 4.79 Å². The highest BCUT2D eigenvalue weighted by atomic mass is 19.1. The van der Waals surface area contributed by atoms with E-state index < -0.39 is 11.2 Å². The minimum atomic E-state index is -0.459. The van der Waals surface area contributed by atoms with Gasteiger partial charge >= 0.3 is 0 Å². The first-order chi connectivity index (χ1) is 9.98. The summed E-state index contributed by atoms with van der Waals surface area (Å²) < 4.78 is 13.9. The molecule has 0 spiro atoms. The topological polar surface area (TPSA) is 56.1 Å². The number of rotatable bonds is 4. The zero-order valence-electron chi connectivity index (χ0n) is 12.4. The van der Waals surface area contributed by atoms with E-state index in [0.717, 1.165) is 25.7 Å². The number of carbonyl (C=O) groups is 1. The van der Waals surface area contributed by atoms with E-state index in [4.69, 9.17) is 5.26 Å². The molecule has 4 nitrogen and oxygen atoms in total. The van der Waals surface area contributed by atoms with Crippen molar-refractivity contribution in [3.05, 3.63) is 29.6 Å². The van der Waals surface area contributed by atoms with Crippen LogP contribution < -0.4 is 5.32 Å². The molecule has 0 atom stereocenters. The predicted octanol–water partition coefficient (Wildman–Crippen LogP) is 2.76. The van der Waals surface area contributed by atoms with Gasteiger partial charge in [-0.15, -0.1) is 0 Å². The molecule has 1 aromatic carbocycles. The average molecular weight is 289 g/mol. The smallest absolute Gasteiger partial charge is 0.230 e. The Morgan fingerprint density at radius 2 is 2.10 bits per heavy atom. The molecular formula is C16H20FN3O. The van der Waals surface area contributed by atoms with Gasteiger partial charge < -0.3 is 10.2 Å². The van der Waals surface area contributed by atoms with Gasteiger partial charge in [0.15, 0.2) is 0 Å². The second-order valence-electron chi connectivity index (χ2n) is 5.85. The number of halogens is 1. The fraction of sp³-hybridized carbons (Fsp3) is 0.500. The monoisotopic (exact) mass is 289 g/mol. The molecule has 0 unspecified atom stereocenters. The molecule has 0 saturated heterocycles. The molecule has 1 aliphatic rings. The van der Waals surface area contributed by atoms with Gasteiger partial charge in [0, 0.05) is 20.6 Å². The van der Waals surface area contributed by atoms with E-state index in [1.165, 1.54) is 6.07 Å². The van der Waals surface area contributed by atoms with E-state index in [1.807, 2.05) is 6.07 Å². The van der Waals surface area contributed by atoms with Crippen molar-refractivity contribution in [3.63, 3.8) is 0 Å². The standard InChI is InChI=1S/C16H20FN3O/c1-20(2)15(21)16(7-3-4-8-16)11-19-14-6-5-12(10-18)9-13(14)17/h5-6,9,19H,3-4,7-8,11H2,1-2H3. The average Bonchev–Trinajstić information content (AvgIpc) is 2.95. The van der Waals surface area contributed by atoms with Crippen LogP contribution in [0.3, 0.4) is 0 Å². The van der Waals surface area contributed by atoms with Gasteiger partial charge in [-0.2, -0.15) is 5.26 Å². The minimum absolute atomic E-state index is 0.0987. The van der Waals surface area contributed by atoms with Crippen LogP contribution in [0.25, 0.3) is 0 Å². The van der Waals surface area contributed by atoms with Crippen molar-refractivity contribution in [3.8, 4) is 6.07 Å². The summed E-state index contributed by atoms with van der Waals surface area (Å²) in [4.78, 5) is 14.0. The molecule has 0 aliphatic heterocycles. The molecule has 0 aromatic heterocycles. The normalized spacial score (nSPS) is 16.3. The molecule has 0 radical (unpaired) electrons. The highest BCUT2D eigenvalue weighted by Gasteiger charge is 2.41. The van der Waals surface area contributed by atoms with Crippen LogP contribution in [-0.4, -0.2) is 31.4 Å². The molecule has 0 bridgehead atoms. The number of nitrogens with one attached hydrogen (secondary N) is 1. The van der Waals surface area contributed by atoms with E-state index in [1.54, 1.807) is 31.1 Å². The summed E-state index contributed by atoms with van der Waals surface area (Å²) in [5.41, 5.74) is 0.189. The first-order valence-electron chi connectivity index (χ1n) is 7.14. The van der Waals surface area contributed by atoms with Crippen LogP contribution in [0.5, 0.6) is 0 Å². The molecule has 2 rings (SSSR count). The summed E-state index contributed by atoms with van der Waals surface area (Å²) in [6.45, 7) is 0.423. The molecule has 5 heteroatoms. The maximum Gasteiger partial charge on any atom is 0.230 e. The van der Waals surface area contributed by atoms with Crippen molar-refractivity contribution in [2.45, 2.75) is 25.7 Å². The van der Waals surface area contributed by atoms with Crippen LogP contribution in [0.15, 0.2) is 18.2 Å². The Morgan fingerprint density at radius 1 is 1.43 bits per heavy atom. The highest BCUT2D eigenvalue weighted by Crippen LogP contribution is 2.39. The van der Waals surface area contributed by atoms with Gasteiger partial charge in [0.2, 0.25) is 5.91 Å². The van der Waals surface area contributed by atoms with Crippen molar-refractivity contribution in [2.75, 3.05) is 26.0 Å². The summed E-state index contributed by atoms with van der Waals surface area (Å²) in [7, 11) is 3.51. The van der Waals surface area contributed by atoms with Crippen LogP contribution in [0.2, 0.25) is 0 Å². The molecule has 1 saturated carbocycles. The van der Waals surface area contributed by atoms with Gasteiger partial charge in [0.25, 0.3) is 0 Å². The Kier molecular flexibility index (Phi) is 4.46. The number of amides is 1. The predicted molar refractivity (Wildman–Crippen MR) is 79.2 cm³/mol. The minimum Gasteiger partial charge on any atom is -0.382 e. The molecule has 1 amide bonds. The van der Waals surface area contributed by atoms with E-state index in [9.17, 15) is 9.18 Å². The number of nitrogens with zero attached hydrogens (tertiary/aromatic N) is 2. The molecule has 1 N–H and O–H groups in total. The summed E-state index contributed by atoms with van der Waals surface area (Å²) in [5, 5.41) is 11.8. The fourth-order valence-corrected chi connectivity index (χ4v) is 2.98. The van der Waals surface area contributed by atoms with Crippen LogP contribution in [0, 0.1) is 22.6 Å². The van der Waals surface area contributed by atoms with Crippen LogP contribution in [0.4, 0.5) is 10.1 Å². The Labute approximate surface area is 124 Å². The van der Waals surface area contributed by atoms with Gasteiger partial charge in [-0.05, 0) is 31.0 Å². The summed E-state index contributed by atoms with van der Waals surface area (Å²) in [6, 6.07) is 6.23. The molecule has 21 heavy (non-hydrogen) atoms. The Bertz CT molecular complexity index is 571. The van der Waals surface area contributed by atoms with Gasteiger partial charge in [-0.3, -0.25) is 4.79 Å². The first-order valence-corrected chi connectivity index (χ1v) is 7.14. The maximum atomic E-state index is 13.9. The van der Waals surface area contributed by atoms with Crippen molar-refractivity contribution in [1.82, 2.24) is 4.90 Å². The van der Waals surface area contributed by atoms with E-state index >= 15 is 0 Å². The lowest BCUT2D eigenvalue weighted by atomic mass is 9.84. The molecular weight excluding hydrogens is 269 g/mol. The number of nitriles is 1. The Balaban J connectivity index is 2.13. The number of hydrogen-bond acceptors (Lipinski definition) is 3. The van der Waals surface area contributed by atoms with Gasteiger partial charge in [-0.1, -0.05) is 12.8 Å². The lowest BCUT2D eigenvalue weighted by Gasteiger charge is -2.31. The quantitative estimate of drug-likeness (QED) is 0.927. The fourth-order valence-electron chi connectivity index (χ4n) is 2.98. The van der Waals surface area contributed by atoms with E-state index in [2.05, 4.69) is 5.32 Å². The van der Waals surface area contributed by atoms with E-state index in [-0.39, 0.29) is 11.5 Å². The van der Waals surface area contributed by atoms with Crippen LogP contribution >= 0.6 is 0 Å². The van der Waals surface area contributed by atoms with Crippen molar-refractivity contribution < 1.29 is 9.18 Å². The number of carbonyl (C=O) groups excluding carboxylic acids is 1. The van der Waals surface area contributed by atoms with Gasteiger partial charge in [0.1, 0.15) is 5.82 Å². The second-order valence-corrected chi connectivity index (χ2v) is 5.85. The molecule has 1 aliphatic carbocycles. The molecule has 112 valence electrons. The van der Waals surface area contributed by atoms with Gasteiger partial charge in [0.05, 0.1) is 22.7 Å². The Morgan fingerprint density at radius 3 is 2.62 bits per heavy atom. The van der Waals surface area contributed by atoms with Crippen molar-refractivity contribution in [1.29, 1.82) is 5.26 Å². The first kappa shape index (κ1) is 15.3. The number of anilines is 1.